The number of hydrogen-bond donors (Lipinski definition) is 1. The molecule has 3 aromatic rings. The summed E-state index contributed by atoms with van der Waals surface area (Å²) in [6.07, 6.45) is 3.59. The van der Waals surface area contributed by atoms with Crippen LogP contribution >= 0.6 is 0 Å². The number of benzene rings is 2. The molecular formula is C22H23N3O. The van der Waals surface area contributed by atoms with E-state index in [1.807, 2.05) is 66.5 Å². The molecule has 0 aliphatic heterocycles. The van der Waals surface area contributed by atoms with Crippen molar-refractivity contribution in [3.8, 4) is 0 Å². The van der Waals surface area contributed by atoms with E-state index in [1.54, 1.807) is 12.3 Å². The minimum Gasteiger partial charge on any atom is -0.351 e. The van der Waals surface area contributed by atoms with E-state index < -0.39 is 0 Å². The third kappa shape index (κ3) is 4.70. The van der Waals surface area contributed by atoms with E-state index in [2.05, 4.69) is 22.4 Å². The van der Waals surface area contributed by atoms with Crippen molar-refractivity contribution in [3.05, 3.63) is 90.3 Å². The van der Waals surface area contributed by atoms with Crippen LogP contribution in [0.2, 0.25) is 0 Å². The van der Waals surface area contributed by atoms with Gasteiger partial charge in [0.15, 0.2) is 0 Å². The molecule has 0 atom stereocenters. The normalized spacial score (nSPS) is 10.3. The Kier molecular flexibility index (Phi) is 5.99. The molecule has 0 saturated heterocycles. The molecule has 0 fully saturated rings. The first-order valence-electron chi connectivity index (χ1n) is 8.81. The molecule has 1 aromatic heterocycles. The third-order valence-electron chi connectivity index (χ3n) is 4.28. The van der Waals surface area contributed by atoms with Crippen molar-refractivity contribution in [3.63, 3.8) is 0 Å². The first kappa shape index (κ1) is 17.7. The summed E-state index contributed by atoms with van der Waals surface area (Å²) in [5.41, 5.74) is 3.74. The van der Waals surface area contributed by atoms with Crippen molar-refractivity contribution < 1.29 is 4.79 Å². The number of hydrogen-bond acceptors (Lipinski definition) is 3. The van der Waals surface area contributed by atoms with Gasteiger partial charge >= 0.3 is 0 Å². The fourth-order valence-electron chi connectivity index (χ4n) is 2.75. The zero-order chi connectivity index (χ0) is 18.2. The van der Waals surface area contributed by atoms with Crippen LogP contribution in [0.4, 0.5) is 11.4 Å². The lowest BCUT2D eigenvalue weighted by molar-refractivity contribution is 0.0948. The van der Waals surface area contributed by atoms with Gasteiger partial charge in [-0.2, -0.15) is 0 Å². The average molecular weight is 345 g/mol. The fourth-order valence-corrected chi connectivity index (χ4v) is 2.75. The number of carbonyl (C=O) groups is 1. The lowest BCUT2D eigenvalue weighted by Crippen LogP contribution is -2.25. The number of aryl methyl sites for hydroxylation is 1. The van der Waals surface area contributed by atoms with E-state index in [0.717, 1.165) is 24.2 Å². The Morgan fingerprint density at radius 2 is 1.62 bits per heavy atom. The van der Waals surface area contributed by atoms with Gasteiger partial charge in [-0.3, -0.25) is 4.79 Å². The molecule has 3 rings (SSSR count). The maximum atomic E-state index is 12.2. The second-order valence-corrected chi connectivity index (χ2v) is 6.14. The van der Waals surface area contributed by atoms with Crippen molar-refractivity contribution in [2.24, 2.45) is 0 Å². The number of amides is 1. The number of nitrogens with zero attached hydrogens (tertiary/aromatic N) is 2. The molecule has 0 radical (unpaired) electrons. The fraction of sp³-hybridized carbons (Fsp3) is 0.182. The first-order valence-corrected chi connectivity index (χ1v) is 8.81. The van der Waals surface area contributed by atoms with Crippen LogP contribution in [0.3, 0.4) is 0 Å². The van der Waals surface area contributed by atoms with Gasteiger partial charge in [0.1, 0.15) is 5.69 Å². The van der Waals surface area contributed by atoms with E-state index in [4.69, 9.17) is 0 Å². The molecule has 0 aliphatic rings. The van der Waals surface area contributed by atoms with E-state index in [9.17, 15) is 4.79 Å². The molecule has 1 N–H and O–H groups in total. The smallest absolute Gasteiger partial charge is 0.269 e. The second kappa shape index (κ2) is 8.81. The Hall–Kier alpha value is -3.14. The van der Waals surface area contributed by atoms with E-state index >= 15 is 0 Å². The van der Waals surface area contributed by atoms with Crippen LogP contribution in [-0.2, 0) is 6.42 Å². The summed E-state index contributed by atoms with van der Waals surface area (Å²) < 4.78 is 0. The van der Waals surface area contributed by atoms with Crippen LogP contribution in [-0.4, -0.2) is 24.5 Å². The SMILES string of the molecule is CN(c1ccccc1)c1ccc(C(=O)NCCCc2ccccc2)nc1. The van der Waals surface area contributed by atoms with E-state index in [1.165, 1.54) is 5.56 Å². The Bertz CT molecular complexity index is 817. The molecule has 4 heteroatoms. The highest BCUT2D eigenvalue weighted by molar-refractivity contribution is 5.92. The van der Waals surface area contributed by atoms with Gasteiger partial charge in [0, 0.05) is 19.3 Å². The first-order chi connectivity index (χ1) is 12.7. The van der Waals surface area contributed by atoms with Crippen molar-refractivity contribution >= 4 is 17.3 Å². The topological polar surface area (TPSA) is 45.2 Å². The quantitative estimate of drug-likeness (QED) is 0.652. The molecule has 0 bridgehead atoms. The van der Waals surface area contributed by atoms with Crippen molar-refractivity contribution in [1.29, 1.82) is 0 Å². The van der Waals surface area contributed by atoms with Gasteiger partial charge in [-0.15, -0.1) is 0 Å². The zero-order valence-corrected chi connectivity index (χ0v) is 14.9. The molecule has 1 heterocycles. The number of rotatable bonds is 7. The summed E-state index contributed by atoms with van der Waals surface area (Å²) in [4.78, 5) is 18.6. The Morgan fingerprint density at radius 1 is 0.923 bits per heavy atom. The van der Waals surface area contributed by atoms with Gasteiger partial charge in [0.25, 0.3) is 5.91 Å². The molecule has 0 spiro atoms. The highest BCUT2D eigenvalue weighted by Crippen LogP contribution is 2.22. The van der Waals surface area contributed by atoms with Crippen molar-refractivity contribution in [2.45, 2.75) is 12.8 Å². The molecule has 0 unspecified atom stereocenters. The van der Waals surface area contributed by atoms with Gasteiger partial charge < -0.3 is 10.2 Å². The lowest BCUT2D eigenvalue weighted by Gasteiger charge is -2.19. The lowest BCUT2D eigenvalue weighted by atomic mass is 10.1. The van der Waals surface area contributed by atoms with Crippen LogP contribution in [0, 0.1) is 0 Å². The summed E-state index contributed by atoms with van der Waals surface area (Å²) in [5, 5.41) is 2.93. The maximum absolute atomic E-state index is 12.2. The van der Waals surface area contributed by atoms with Crippen molar-refractivity contribution in [2.75, 3.05) is 18.5 Å². The Balaban J connectivity index is 1.50. The van der Waals surface area contributed by atoms with Gasteiger partial charge in [0.2, 0.25) is 0 Å². The van der Waals surface area contributed by atoms with Gasteiger partial charge in [-0.25, -0.2) is 4.98 Å². The number of carbonyl (C=O) groups excluding carboxylic acids is 1. The second-order valence-electron chi connectivity index (χ2n) is 6.14. The number of anilines is 2. The largest absolute Gasteiger partial charge is 0.351 e. The van der Waals surface area contributed by atoms with Gasteiger partial charge in [-0.1, -0.05) is 48.5 Å². The van der Waals surface area contributed by atoms with Crippen LogP contribution < -0.4 is 10.2 Å². The number of aromatic nitrogens is 1. The summed E-state index contributed by atoms with van der Waals surface area (Å²) in [6, 6.07) is 24.0. The standard InChI is InChI=1S/C22H23N3O/c1-25(19-12-6-3-7-13-19)20-14-15-21(24-17-20)22(26)23-16-8-11-18-9-4-2-5-10-18/h2-7,9-10,12-15,17H,8,11,16H2,1H3,(H,23,26). The van der Waals surface area contributed by atoms with Gasteiger partial charge in [-0.05, 0) is 42.7 Å². The highest BCUT2D eigenvalue weighted by Gasteiger charge is 2.09. The summed E-state index contributed by atoms with van der Waals surface area (Å²) in [5.74, 6) is -0.132. The molecule has 26 heavy (non-hydrogen) atoms. The molecule has 2 aromatic carbocycles. The zero-order valence-electron chi connectivity index (χ0n) is 14.9. The van der Waals surface area contributed by atoms with Crippen LogP contribution in [0.25, 0.3) is 0 Å². The summed E-state index contributed by atoms with van der Waals surface area (Å²) >= 11 is 0. The van der Waals surface area contributed by atoms with Crippen LogP contribution in [0.5, 0.6) is 0 Å². The molecule has 1 amide bonds. The van der Waals surface area contributed by atoms with Gasteiger partial charge in [0.05, 0.1) is 11.9 Å². The summed E-state index contributed by atoms with van der Waals surface area (Å²) in [7, 11) is 1.98. The number of nitrogens with one attached hydrogen (secondary N) is 1. The molecule has 132 valence electrons. The summed E-state index contributed by atoms with van der Waals surface area (Å²) in [6.45, 7) is 0.640. The average Bonchev–Trinajstić information content (AvgIpc) is 2.72. The number of pyridine rings is 1. The minimum absolute atomic E-state index is 0.132. The maximum Gasteiger partial charge on any atom is 0.269 e. The predicted molar refractivity (Wildman–Crippen MR) is 106 cm³/mol. The van der Waals surface area contributed by atoms with E-state index in [0.29, 0.717) is 12.2 Å². The van der Waals surface area contributed by atoms with Crippen LogP contribution in [0.1, 0.15) is 22.5 Å². The van der Waals surface area contributed by atoms with E-state index in [-0.39, 0.29) is 5.91 Å². The van der Waals surface area contributed by atoms with Crippen molar-refractivity contribution in [1.82, 2.24) is 10.3 Å². The molecule has 4 nitrogen and oxygen atoms in total. The highest BCUT2D eigenvalue weighted by atomic mass is 16.1. The molecule has 0 aliphatic carbocycles. The Morgan fingerprint density at radius 3 is 2.27 bits per heavy atom. The monoisotopic (exact) mass is 345 g/mol. The van der Waals surface area contributed by atoms with Crippen LogP contribution in [0.15, 0.2) is 79.0 Å². The molecule has 0 saturated carbocycles. The predicted octanol–water partition coefficient (Wildman–Crippen LogP) is 4.21. The minimum atomic E-state index is -0.132. The third-order valence-corrected chi connectivity index (χ3v) is 4.28. The molecular weight excluding hydrogens is 322 g/mol. The Labute approximate surface area is 154 Å². The number of para-hydroxylation sites is 1.